The lowest BCUT2D eigenvalue weighted by Crippen LogP contribution is -2.53. The predicted octanol–water partition coefficient (Wildman–Crippen LogP) is -0.554. The Kier molecular flexibility index (Phi) is 4.58. The predicted molar refractivity (Wildman–Crippen MR) is 76.2 cm³/mol. The van der Waals surface area contributed by atoms with Crippen molar-refractivity contribution in [1.29, 1.82) is 0 Å². The van der Waals surface area contributed by atoms with Crippen molar-refractivity contribution in [2.24, 2.45) is 5.14 Å². The lowest BCUT2D eigenvalue weighted by atomic mass is 10.3. The van der Waals surface area contributed by atoms with Crippen LogP contribution >= 0.6 is 0 Å². The van der Waals surface area contributed by atoms with Gasteiger partial charge in [0.2, 0.25) is 5.91 Å². The normalized spacial score (nSPS) is 16.9. The average molecular weight is 298 g/mol. The molecule has 3 N–H and O–H groups in total. The zero-order valence-electron chi connectivity index (χ0n) is 11.0. The third-order valence-electron chi connectivity index (χ3n) is 3.17. The van der Waals surface area contributed by atoms with E-state index in [0.29, 0.717) is 13.1 Å². The Morgan fingerprint density at radius 3 is 2.30 bits per heavy atom. The number of carbonyl (C=O) groups is 1. The van der Waals surface area contributed by atoms with Crippen molar-refractivity contribution in [3.05, 3.63) is 30.3 Å². The topological polar surface area (TPSA) is 95.7 Å². The fourth-order valence-electron chi connectivity index (χ4n) is 2.04. The first kappa shape index (κ1) is 14.8. The monoisotopic (exact) mass is 298 g/mol. The SMILES string of the molecule is NS(=O)(=O)N1CCN(C(=O)CNc2ccccc2)CC1. The molecule has 0 aliphatic carbocycles. The van der Waals surface area contributed by atoms with E-state index in [4.69, 9.17) is 5.14 Å². The van der Waals surface area contributed by atoms with E-state index in [9.17, 15) is 13.2 Å². The average Bonchev–Trinajstić information content (AvgIpc) is 2.45. The zero-order valence-corrected chi connectivity index (χ0v) is 11.8. The van der Waals surface area contributed by atoms with Crippen molar-refractivity contribution >= 4 is 21.8 Å². The fourth-order valence-corrected chi connectivity index (χ4v) is 2.71. The van der Waals surface area contributed by atoms with Gasteiger partial charge >= 0.3 is 0 Å². The number of anilines is 1. The maximum Gasteiger partial charge on any atom is 0.277 e. The Hall–Kier alpha value is -1.64. The number of nitrogens with one attached hydrogen (secondary N) is 1. The van der Waals surface area contributed by atoms with Crippen LogP contribution in [0, 0.1) is 0 Å². The molecule has 1 amide bonds. The van der Waals surface area contributed by atoms with E-state index >= 15 is 0 Å². The third kappa shape index (κ3) is 3.92. The number of amides is 1. The highest BCUT2D eigenvalue weighted by Crippen LogP contribution is 2.07. The van der Waals surface area contributed by atoms with Gasteiger partial charge in [0.05, 0.1) is 6.54 Å². The Labute approximate surface area is 118 Å². The third-order valence-corrected chi connectivity index (χ3v) is 4.25. The molecule has 1 aliphatic heterocycles. The van der Waals surface area contributed by atoms with Gasteiger partial charge in [0.15, 0.2) is 0 Å². The standard InChI is InChI=1S/C12H18N4O3S/c13-20(18,19)16-8-6-15(7-9-16)12(17)10-14-11-4-2-1-3-5-11/h1-5,14H,6-10H2,(H2,13,18,19). The Balaban J connectivity index is 1.80. The molecule has 1 aliphatic rings. The van der Waals surface area contributed by atoms with Crippen LogP contribution in [-0.4, -0.2) is 56.3 Å². The minimum atomic E-state index is -3.65. The minimum Gasteiger partial charge on any atom is -0.376 e. The van der Waals surface area contributed by atoms with Crippen molar-refractivity contribution in [3.63, 3.8) is 0 Å². The number of benzene rings is 1. The van der Waals surface area contributed by atoms with Gasteiger partial charge in [0.1, 0.15) is 0 Å². The van der Waals surface area contributed by atoms with Crippen LogP contribution in [0.4, 0.5) is 5.69 Å². The molecule has 0 unspecified atom stereocenters. The molecule has 1 heterocycles. The molecule has 1 aromatic carbocycles. The first-order valence-corrected chi connectivity index (χ1v) is 7.82. The van der Waals surface area contributed by atoms with E-state index in [1.165, 1.54) is 4.31 Å². The van der Waals surface area contributed by atoms with Crippen molar-refractivity contribution in [2.45, 2.75) is 0 Å². The summed E-state index contributed by atoms with van der Waals surface area (Å²) in [4.78, 5) is 13.6. The van der Waals surface area contributed by atoms with Crippen LogP contribution in [0.5, 0.6) is 0 Å². The Bertz CT molecular complexity index is 553. The van der Waals surface area contributed by atoms with E-state index in [2.05, 4.69) is 5.32 Å². The van der Waals surface area contributed by atoms with Crippen LogP contribution in [0.3, 0.4) is 0 Å². The number of nitrogens with zero attached hydrogens (tertiary/aromatic N) is 2. The molecule has 2 rings (SSSR count). The maximum atomic E-state index is 12.0. The van der Waals surface area contributed by atoms with Gasteiger partial charge < -0.3 is 10.2 Å². The van der Waals surface area contributed by atoms with Crippen LogP contribution in [0.2, 0.25) is 0 Å². The lowest BCUT2D eigenvalue weighted by molar-refractivity contribution is -0.130. The van der Waals surface area contributed by atoms with Crippen LogP contribution in [0.15, 0.2) is 30.3 Å². The fraction of sp³-hybridized carbons (Fsp3) is 0.417. The summed E-state index contributed by atoms with van der Waals surface area (Å²) in [5.41, 5.74) is 0.879. The number of carbonyl (C=O) groups excluding carboxylic acids is 1. The highest BCUT2D eigenvalue weighted by Gasteiger charge is 2.26. The first-order valence-electron chi connectivity index (χ1n) is 6.31. The number of hydrogen-bond donors (Lipinski definition) is 2. The second-order valence-electron chi connectivity index (χ2n) is 4.54. The van der Waals surface area contributed by atoms with Gasteiger partial charge in [-0.25, -0.2) is 5.14 Å². The summed E-state index contributed by atoms with van der Waals surface area (Å²) in [6.07, 6.45) is 0. The molecule has 110 valence electrons. The van der Waals surface area contributed by atoms with Crippen molar-refractivity contribution in [1.82, 2.24) is 9.21 Å². The number of para-hydroxylation sites is 1. The highest BCUT2D eigenvalue weighted by atomic mass is 32.2. The van der Waals surface area contributed by atoms with E-state index < -0.39 is 10.2 Å². The molecule has 0 aromatic heterocycles. The molecular formula is C12H18N4O3S. The number of rotatable bonds is 4. The second-order valence-corrected chi connectivity index (χ2v) is 6.09. The van der Waals surface area contributed by atoms with Crippen molar-refractivity contribution in [3.8, 4) is 0 Å². The van der Waals surface area contributed by atoms with Crippen LogP contribution in [-0.2, 0) is 15.0 Å². The molecule has 0 saturated carbocycles. The van der Waals surface area contributed by atoms with Gasteiger partial charge in [-0.2, -0.15) is 12.7 Å². The molecule has 0 atom stereocenters. The summed E-state index contributed by atoms with van der Waals surface area (Å²) in [5, 5.41) is 8.08. The molecule has 1 saturated heterocycles. The molecule has 8 heteroatoms. The molecule has 0 radical (unpaired) electrons. The molecule has 0 spiro atoms. The Morgan fingerprint density at radius 1 is 1.15 bits per heavy atom. The summed E-state index contributed by atoms with van der Waals surface area (Å²) in [5.74, 6) is -0.0528. The largest absolute Gasteiger partial charge is 0.376 e. The number of hydrogen-bond acceptors (Lipinski definition) is 4. The highest BCUT2D eigenvalue weighted by molar-refractivity contribution is 7.86. The van der Waals surface area contributed by atoms with Crippen LogP contribution in [0.25, 0.3) is 0 Å². The van der Waals surface area contributed by atoms with E-state index in [1.807, 2.05) is 30.3 Å². The summed E-state index contributed by atoms with van der Waals surface area (Å²) < 4.78 is 23.5. The molecule has 1 aromatic rings. The second kappa shape index (κ2) is 6.21. The van der Waals surface area contributed by atoms with E-state index in [1.54, 1.807) is 4.90 Å². The van der Waals surface area contributed by atoms with Gasteiger partial charge in [-0.15, -0.1) is 0 Å². The van der Waals surface area contributed by atoms with Gasteiger partial charge in [-0.1, -0.05) is 18.2 Å². The minimum absolute atomic E-state index is 0.0528. The summed E-state index contributed by atoms with van der Waals surface area (Å²) >= 11 is 0. The van der Waals surface area contributed by atoms with Gasteiger partial charge in [-0.3, -0.25) is 4.79 Å². The Morgan fingerprint density at radius 2 is 1.75 bits per heavy atom. The molecule has 1 fully saturated rings. The zero-order chi connectivity index (χ0) is 14.6. The number of nitrogens with two attached hydrogens (primary N) is 1. The quantitative estimate of drug-likeness (QED) is 0.779. The first-order chi connectivity index (χ1) is 9.47. The van der Waals surface area contributed by atoms with Crippen molar-refractivity contribution < 1.29 is 13.2 Å². The van der Waals surface area contributed by atoms with Gasteiger partial charge in [-0.05, 0) is 12.1 Å². The maximum absolute atomic E-state index is 12.0. The van der Waals surface area contributed by atoms with Crippen LogP contribution in [0.1, 0.15) is 0 Å². The summed E-state index contributed by atoms with van der Waals surface area (Å²) in [7, 11) is -3.65. The smallest absolute Gasteiger partial charge is 0.277 e. The lowest BCUT2D eigenvalue weighted by Gasteiger charge is -2.33. The van der Waals surface area contributed by atoms with Crippen LogP contribution < -0.4 is 10.5 Å². The van der Waals surface area contributed by atoms with E-state index in [0.717, 1.165) is 5.69 Å². The van der Waals surface area contributed by atoms with Gasteiger partial charge in [0.25, 0.3) is 10.2 Å². The summed E-state index contributed by atoms with van der Waals surface area (Å²) in [6.45, 7) is 1.42. The molecular weight excluding hydrogens is 280 g/mol. The van der Waals surface area contributed by atoms with Gasteiger partial charge in [0, 0.05) is 31.9 Å². The van der Waals surface area contributed by atoms with Crippen molar-refractivity contribution in [2.75, 3.05) is 38.0 Å². The van der Waals surface area contributed by atoms with E-state index in [-0.39, 0.29) is 25.5 Å². The summed E-state index contributed by atoms with van der Waals surface area (Å²) in [6, 6.07) is 9.44. The molecule has 0 bridgehead atoms. The number of piperazine rings is 1. The molecule has 20 heavy (non-hydrogen) atoms. The molecule has 7 nitrogen and oxygen atoms in total.